The third-order valence-electron chi connectivity index (χ3n) is 6.50. The van der Waals surface area contributed by atoms with Crippen LogP contribution in [0.15, 0.2) is 35.3 Å². The fourth-order valence-electron chi connectivity index (χ4n) is 4.84. The second kappa shape index (κ2) is 8.05. The summed E-state index contributed by atoms with van der Waals surface area (Å²) in [4.78, 5) is 37.0. The first-order chi connectivity index (χ1) is 14.7. The minimum Gasteiger partial charge on any atom is -0.349 e. The molecule has 2 saturated carbocycles. The van der Waals surface area contributed by atoms with E-state index in [0.29, 0.717) is 28.6 Å². The molecule has 30 heavy (non-hydrogen) atoms. The zero-order valence-electron chi connectivity index (χ0n) is 17.1. The number of amides is 1. The highest BCUT2D eigenvalue weighted by Crippen LogP contribution is 2.29. The van der Waals surface area contributed by atoms with Gasteiger partial charge in [0.1, 0.15) is 0 Å². The molecule has 0 spiro atoms. The molecule has 1 amide bonds. The van der Waals surface area contributed by atoms with Gasteiger partial charge in [0.15, 0.2) is 11.3 Å². The molecule has 0 aliphatic heterocycles. The Morgan fingerprint density at radius 3 is 2.43 bits per heavy atom. The van der Waals surface area contributed by atoms with Gasteiger partial charge < -0.3 is 5.32 Å². The van der Waals surface area contributed by atoms with Crippen molar-refractivity contribution in [3.05, 3.63) is 46.5 Å². The lowest BCUT2D eigenvalue weighted by atomic mass is 9.95. The molecule has 2 heterocycles. The molecule has 2 aromatic heterocycles. The number of hydrogen-bond acceptors (Lipinski definition) is 4. The number of aromatic amines is 1. The first kappa shape index (κ1) is 19.0. The summed E-state index contributed by atoms with van der Waals surface area (Å²) in [5.41, 5.74) is 3.25. The van der Waals surface area contributed by atoms with Gasteiger partial charge in [0.2, 0.25) is 0 Å². The maximum atomic E-state index is 12.5. The number of hydrogen-bond donors (Lipinski definition) is 2. The fourth-order valence-corrected chi connectivity index (χ4v) is 4.84. The van der Waals surface area contributed by atoms with Gasteiger partial charge in [-0.2, -0.15) is 0 Å². The van der Waals surface area contributed by atoms with Gasteiger partial charge in [-0.1, -0.05) is 44.2 Å². The highest BCUT2D eigenvalue weighted by Gasteiger charge is 2.22. The largest absolute Gasteiger partial charge is 0.349 e. The van der Waals surface area contributed by atoms with Crippen LogP contribution >= 0.6 is 0 Å². The Labute approximate surface area is 174 Å². The van der Waals surface area contributed by atoms with E-state index < -0.39 is 0 Å². The predicted octanol–water partition coefficient (Wildman–Crippen LogP) is 3.96. The summed E-state index contributed by atoms with van der Waals surface area (Å²) in [5.74, 6) is -0.0215. The second-order valence-electron chi connectivity index (χ2n) is 8.55. The third kappa shape index (κ3) is 3.64. The van der Waals surface area contributed by atoms with E-state index in [-0.39, 0.29) is 17.6 Å². The number of fused-ring (bicyclic) bond motifs is 1. The van der Waals surface area contributed by atoms with Crippen LogP contribution in [0.3, 0.4) is 0 Å². The zero-order chi connectivity index (χ0) is 20.5. The van der Waals surface area contributed by atoms with Crippen molar-refractivity contribution in [3.63, 3.8) is 0 Å². The molecule has 7 heteroatoms. The monoisotopic (exact) mass is 405 g/mol. The van der Waals surface area contributed by atoms with Crippen molar-refractivity contribution in [1.29, 1.82) is 0 Å². The molecule has 156 valence electrons. The molecule has 0 unspecified atom stereocenters. The minimum absolute atomic E-state index is 0.0215. The average Bonchev–Trinajstić information content (AvgIpc) is 3.40. The van der Waals surface area contributed by atoms with E-state index in [2.05, 4.69) is 15.3 Å². The molecule has 2 N–H and O–H groups in total. The van der Waals surface area contributed by atoms with Gasteiger partial charge in [-0.05, 0) is 37.8 Å². The number of aromatic nitrogens is 4. The standard InChI is InChI=1S/C23H27N5O2/c29-22(25-17-6-4-5-7-17)16-12-10-15(11-13-16)19-14-24-20-21(26-19)28(23(30)27-20)18-8-2-1-3-9-18/h10-14,17-18H,1-9H2,(H,25,29)(H,24,27,30). The topological polar surface area (TPSA) is 92.7 Å². The quantitative estimate of drug-likeness (QED) is 0.687. The van der Waals surface area contributed by atoms with Crippen molar-refractivity contribution < 1.29 is 4.79 Å². The van der Waals surface area contributed by atoms with Gasteiger partial charge in [-0.15, -0.1) is 0 Å². The Balaban J connectivity index is 1.41. The number of benzene rings is 1. The molecular weight excluding hydrogens is 378 g/mol. The average molecular weight is 406 g/mol. The van der Waals surface area contributed by atoms with Gasteiger partial charge in [-0.3, -0.25) is 14.3 Å². The zero-order valence-corrected chi connectivity index (χ0v) is 17.1. The van der Waals surface area contributed by atoms with Gasteiger partial charge in [0, 0.05) is 23.2 Å². The molecule has 0 bridgehead atoms. The van der Waals surface area contributed by atoms with E-state index in [9.17, 15) is 9.59 Å². The van der Waals surface area contributed by atoms with E-state index in [0.717, 1.165) is 44.1 Å². The highest BCUT2D eigenvalue weighted by atomic mass is 16.2. The normalized spacial score (nSPS) is 18.1. The molecule has 2 fully saturated rings. The molecule has 0 saturated heterocycles. The van der Waals surface area contributed by atoms with Gasteiger partial charge in [0.25, 0.3) is 5.91 Å². The van der Waals surface area contributed by atoms with E-state index in [1.54, 1.807) is 10.8 Å². The number of carbonyl (C=O) groups excluding carboxylic acids is 1. The Morgan fingerprint density at radius 2 is 1.70 bits per heavy atom. The maximum Gasteiger partial charge on any atom is 0.329 e. The molecule has 2 aliphatic carbocycles. The van der Waals surface area contributed by atoms with Crippen molar-refractivity contribution >= 4 is 17.2 Å². The molecular formula is C23H27N5O2. The summed E-state index contributed by atoms with van der Waals surface area (Å²) in [6.07, 6.45) is 11.7. The molecule has 0 radical (unpaired) electrons. The van der Waals surface area contributed by atoms with E-state index in [1.165, 1.54) is 19.3 Å². The summed E-state index contributed by atoms with van der Waals surface area (Å²) < 4.78 is 1.79. The molecule has 2 aliphatic rings. The predicted molar refractivity (Wildman–Crippen MR) is 115 cm³/mol. The van der Waals surface area contributed by atoms with Gasteiger partial charge >= 0.3 is 5.69 Å². The Bertz CT molecular complexity index is 1100. The molecule has 7 nitrogen and oxygen atoms in total. The van der Waals surface area contributed by atoms with Crippen LogP contribution in [0.25, 0.3) is 22.6 Å². The SMILES string of the molecule is O=C(NC1CCCC1)c1ccc(-c2cnc3[nH]c(=O)n(C4CCCCC4)c3n2)cc1. The molecule has 0 atom stereocenters. The number of H-pyrrole nitrogens is 1. The summed E-state index contributed by atoms with van der Waals surface area (Å²) >= 11 is 0. The number of nitrogens with one attached hydrogen (secondary N) is 2. The Hall–Kier alpha value is -2.96. The van der Waals surface area contributed by atoms with Crippen molar-refractivity contribution in [1.82, 2.24) is 24.8 Å². The summed E-state index contributed by atoms with van der Waals surface area (Å²) in [6.45, 7) is 0. The third-order valence-corrected chi connectivity index (χ3v) is 6.50. The van der Waals surface area contributed by atoms with Crippen LogP contribution < -0.4 is 11.0 Å². The molecule has 5 rings (SSSR count). The lowest BCUT2D eigenvalue weighted by molar-refractivity contribution is 0.0938. The first-order valence-electron chi connectivity index (χ1n) is 11.1. The smallest absolute Gasteiger partial charge is 0.329 e. The number of imidazole rings is 1. The summed E-state index contributed by atoms with van der Waals surface area (Å²) in [6, 6.07) is 7.94. The van der Waals surface area contributed by atoms with Crippen molar-refractivity contribution in [3.8, 4) is 11.3 Å². The Morgan fingerprint density at radius 1 is 1.00 bits per heavy atom. The van der Waals surface area contributed by atoms with Gasteiger partial charge in [0.05, 0.1) is 11.9 Å². The number of nitrogens with zero attached hydrogens (tertiary/aromatic N) is 3. The van der Waals surface area contributed by atoms with E-state index in [4.69, 9.17) is 4.98 Å². The van der Waals surface area contributed by atoms with Crippen LogP contribution in [-0.4, -0.2) is 31.5 Å². The number of rotatable bonds is 4. The van der Waals surface area contributed by atoms with E-state index in [1.807, 2.05) is 24.3 Å². The van der Waals surface area contributed by atoms with Gasteiger partial charge in [-0.25, -0.2) is 14.8 Å². The molecule has 1 aromatic carbocycles. The lowest BCUT2D eigenvalue weighted by Gasteiger charge is -2.22. The van der Waals surface area contributed by atoms with Crippen molar-refractivity contribution in [2.24, 2.45) is 0 Å². The van der Waals surface area contributed by atoms with Crippen LogP contribution in [0.5, 0.6) is 0 Å². The summed E-state index contributed by atoms with van der Waals surface area (Å²) in [5, 5.41) is 3.12. The van der Waals surface area contributed by atoms with Crippen molar-refractivity contribution in [2.45, 2.75) is 69.9 Å². The lowest BCUT2D eigenvalue weighted by Crippen LogP contribution is -2.32. The highest BCUT2D eigenvalue weighted by molar-refractivity contribution is 5.94. The second-order valence-corrected chi connectivity index (χ2v) is 8.55. The van der Waals surface area contributed by atoms with E-state index >= 15 is 0 Å². The van der Waals surface area contributed by atoms with Crippen LogP contribution in [0.4, 0.5) is 0 Å². The number of carbonyl (C=O) groups is 1. The first-order valence-corrected chi connectivity index (χ1v) is 11.1. The maximum absolute atomic E-state index is 12.5. The van der Waals surface area contributed by atoms with Crippen LogP contribution in [0, 0.1) is 0 Å². The fraction of sp³-hybridized carbons (Fsp3) is 0.478. The molecule has 3 aromatic rings. The van der Waals surface area contributed by atoms with Crippen LogP contribution in [0.1, 0.15) is 74.2 Å². The van der Waals surface area contributed by atoms with Crippen molar-refractivity contribution in [2.75, 3.05) is 0 Å². The summed E-state index contributed by atoms with van der Waals surface area (Å²) in [7, 11) is 0. The van der Waals surface area contributed by atoms with Crippen LogP contribution in [0.2, 0.25) is 0 Å². The minimum atomic E-state index is -0.131. The Kier molecular flexibility index (Phi) is 5.11. The van der Waals surface area contributed by atoms with Crippen LogP contribution in [-0.2, 0) is 0 Å².